The summed E-state index contributed by atoms with van der Waals surface area (Å²) in [5.74, 6) is -1.88. The van der Waals surface area contributed by atoms with Gasteiger partial charge >= 0.3 is 5.97 Å². The van der Waals surface area contributed by atoms with Crippen LogP contribution in [-0.2, 0) is 14.8 Å². The van der Waals surface area contributed by atoms with E-state index in [1.165, 1.54) is 19.2 Å². The Balaban J connectivity index is 2.79. The van der Waals surface area contributed by atoms with E-state index in [-0.39, 0.29) is 16.5 Å². The molecule has 0 saturated heterocycles. The second kappa shape index (κ2) is 5.44. The lowest BCUT2D eigenvalue weighted by molar-refractivity contribution is -0.140. The highest BCUT2D eigenvalue weighted by molar-refractivity contribution is 7.89. The van der Waals surface area contributed by atoms with Crippen molar-refractivity contribution < 1.29 is 18.3 Å². The minimum atomic E-state index is -3.77. The molecule has 1 aromatic rings. The molecule has 1 aromatic heterocycles. The molecule has 0 aliphatic heterocycles. The van der Waals surface area contributed by atoms with E-state index in [9.17, 15) is 13.2 Å². The average Bonchev–Trinajstić information content (AvgIpc) is 2.26. The van der Waals surface area contributed by atoms with Gasteiger partial charge in [0.2, 0.25) is 10.0 Å². The highest BCUT2D eigenvalue weighted by atomic mass is 35.5. The molecule has 0 amide bonds. The van der Waals surface area contributed by atoms with Crippen LogP contribution in [0.4, 0.5) is 0 Å². The number of aromatic nitrogens is 1. The van der Waals surface area contributed by atoms with Crippen LogP contribution in [0.3, 0.4) is 0 Å². The number of carbonyl (C=O) groups is 1. The monoisotopic (exact) mass is 278 g/mol. The number of rotatable bonds is 5. The van der Waals surface area contributed by atoms with Crippen molar-refractivity contribution in [2.24, 2.45) is 5.92 Å². The maximum absolute atomic E-state index is 11.7. The molecule has 8 heteroatoms. The number of carboxylic acids is 1. The standard InChI is InChI=1S/C9H11ClN2O4S/c1-6(9(13)14)3-12-17(15,16)8-2-7(10)4-11-5-8/h2,4-6,12H,3H2,1H3,(H,13,14). The fourth-order valence-corrected chi connectivity index (χ4v) is 2.30. The van der Waals surface area contributed by atoms with Gasteiger partial charge in [-0.1, -0.05) is 18.5 Å². The van der Waals surface area contributed by atoms with Gasteiger partial charge in [-0.05, 0) is 6.07 Å². The van der Waals surface area contributed by atoms with Crippen LogP contribution < -0.4 is 4.72 Å². The molecule has 0 aliphatic carbocycles. The Bertz CT molecular complexity index is 517. The molecule has 6 nitrogen and oxygen atoms in total. The van der Waals surface area contributed by atoms with Gasteiger partial charge in [0, 0.05) is 18.9 Å². The third-order valence-corrected chi connectivity index (χ3v) is 3.59. The van der Waals surface area contributed by atoms with Gasteiger partial charge in [-0.15, -0.1) is 0 Å². The minimum absolute atomic E-state index is 0.0948. The van der Waals surface area contributed by atoms with E-state index in [2.05, 4.69) is 9.71 Å². The van der Waals surface area contributed by atoms with Crippen LogP contribution in [0.1, 0.15) is 6.92 Å². The largest absolute Gasteiger partial charge is 0.481 e. The van der Waals surface area contributed by atoms with E-state index in [1.807, 2.05) is 0 Å². The Morgan fingerprint density at radius 1 is 1.59 bits per heavy atom. The summed E-state index contributed by atoms with van der Waals surface area (Å²) in [5, 5.41) is 8.82. The topological polar surface area (TPSA) is 96.4 Å². The van der Waals surface area contributed by atoms with Crippen molar-refractivity contribution in [1.29, 1.82) is 0 Å². The van der Waals surface area contributed by atoms with Crippen LogP contribution in [0.5, 0.6) is 0 Å². The van der Waals surface area contributed by atoms with Gasteiger partial charge in [-0.2, -0.15) is 0 Å². The van der Waals surface area contributed by atoms with Crippen molar-refractivity contribution in [2.75, 3.05) is 6.54 Å². The molecule has 1 unspecified atom stereocenters. The van der Waals surface area contributed by atoms with Crippen molar-refractivity contribution in [2.45, 2.75) is 11.8 Å². The second-order valence-corrected chi connectivity index (χ2v) is 5.63. The Hall–Kier alpha value is -1.18. The number of carboxylic acid groups (broad SMARTS) is 1. The molecule has 1 heterocycles. The molecular formula is C9H11ClN2O4S. The Morgan fingerprint density at radius 3 is 2.76 bits per heavy atom. The first-order valence-electron chi connectivity index (χ1n) is 4.66. The predicted molar refractivity (Wildman–Crippen MR) is 61.2 cm³/mol. The Labute approximate surface area is 104 Å². The maximum atomic E-state index is 11.7. The maximum Gasteiger partial charge on any atom is 0.307 e. The summed E-state index contributed by atoms with van der Waals surface area (Å²) in [7, 11) is -3.77. The fraction of sp³-hybridized carbons (Fsp3) is 0.333. The zero-order valence-electron chi connectivity index (χ0n) is 8.92. The normalized spacial score (nSPS) is 13.3. The van der Waals surface area contributed by atoms with Crippen molar-refractivity contribution >= 4 is 27.6 Å². The van der Waals surface area contributed by atoms with Gasteiger partial charge in [-0.3, -0.25) is 9.78 Å². The smallest absolute Gasteiger partial charge is 0.307 e. The number of pyridine rings is 1. The van der Waals surface area contributed by atoms with Crippen LogP contribution in [-0.4, -0.2) is 31.0 Å². The van der Waals surface area contributed by atoms with E-state index in [0.29, 0.717) is 0 Å². The number of hydrogen-bond donors (Lipinski definition) is 2. The molecular weight excluding hydrogens is 268 g/mol. The molecule has 0 aliphatic rings. The molecule has 0 spiro atoms. The van der Waals surface area contributed by atoms with Crippen molar-refractivity contribution in [3.8, 4) is 0 Å². The lowest BCUT2D eigenvalue weighted by atomic mass is 10.2. The average molecular weight is 279 g/mol. The third kappa shape index (κ3) is 3.95. The van der Waals surface area contributed by atoms with Crippen LogP contribution >= 0.6 is 11.6 Å². The van der Waals surface area contributed by atoms with Crippen LogP contribution in [0.25, 0.3) is 0 Å². The summed E-state index contributed by atoms with van der Waals surface area (Å²) in [4.78, 5) is 14.1. The van der Waals surface area contributed by atoms with E-state index >= 15 is 0 Å². The summed E-state index contributed by atoms with van der Waals surface area (Å²) < 4.78 is 25.6. The number of hydrogen-bond acceptors (Lipinski definition) is 4. The molecule has 0 radical (unpaired) electrons. The van der Waals surface area contributed by atoms with E-state index in [0.717, 1.165) is 6.20 Å². The third-order valence-electron chi connectivity index (χ3n) is 1.99. The first-order chi connectivity index (χ1) is 7.83. The van der Waals surface area contributed by atoms with Crippen molar-refractivity contribution in [3.05, 3.63) is 23.5 Å². The van der Waals surface area contributed by atoms with Gasteiger partial charge in [0.1, 0.15) is 4.90 Å². The summed E-state index contributed by atoms with van der Waals surface area (Å²) >= 11 is 5.62. The number of sulfonamides is 1. The van der Waals surface area contributed by atoms with Crippen LogP contribution in [0.15, 0.2) is 23.4 Å². The predicted octanol–water partition coefficient (Wildman–Crippen LogP) is 0.734. The first kappa shape index (κ1) is 13.9. The first-order valence-corrected chi connectivity index (χ1v) is 6.52. The number of nitrogens with zero attached hydrogens (tertiary/aromatic N) is 1. The Morgan fingerprint density at radius 2 is 2.24 bits per heavy atom. The van der Waals surface area contributed by atoms with E-state index in [1.54, 1.807) is 0 Å². The quantitative estimate of drug-likeness (QED) is 0.828. The summed E-state index contributed by atoms with van der Waals surface area (Å²) in [6.07, 6.45) is 2.44. The molecule has 0 aromatic carbocycles. The zero-order valence-corrected chi connectivity index (χ0v) is 10.5. The lowest BCUT2D eigenvalue weighted by Gasteiger charge is -2.09. The highest BCUT2D eigenvalue weighted by Gasteiger charge is 2.18. The molecule has 1 atom stereocenters. The van der Waals surface area contributed by atoms with Gasteiger partial charge in [0.25, 0.3) is 0 Å². The van der Waals surface area contributed by atoms with Gasteiger partial charge in [0.15, 0.2) is 0 Å². The van der Waals surface area contributed by atoms with Crippen LogP contribution in [0, 0.1) is 5.92 Å². The van der Waals surface area contributed by atoms with E-state index in [4.69, 9.17) is 16.7 Å². The van der Waals surface area contributed by atoms with Gasteiger partial charge in [0.05, 0.1) is 10.9 Å². The second-order valence-electron chi connectivity index (χ2n) is 3.43. The van der Waals surface area contributed by atoms with Gasteiger partial charge < -0.3 is 5.11 Å². The molecule has 0 bridgehead atoms. The van der Waals surface area contributed by atoms with Gasteiger partial charge in [-0.25, -0.2) is 13.1 Å². The molecule has 2 N–H and O–H groups in total. The lowest BCUT2D eigenvalue weighted by Crippen LogP contribution is -2.31. The number of halogens is 1. The fourth-order valence-electron chi connectivity index (χ4n) is 0.945. The Kier molecular flexibility index (Phi) is 4.44. The summed E-state index contributed by atoms with van der Waals surface area (Å²) in [6, 6.07) is 1.24. The summed E-state index contributed by atoms with van der Waals surface area (Å²) in [6.45, 7) is 1.21. The summed E-state index contributed by atoms with van der Waals surface area (Å²) in [5.41, 5.74) is 0. The molecule has 0 fully saturated rings. The molecule has 94 valence electrons. The van der Waals surface area contributed by atoms with E-state index < -0.39 is 21.9 Å². The molecule has 1 rings (SSSR count). The number of aliphatic carboxylic acids is 1. The van der Waals surface area contributed by atoms with Crippen LogP contribution in [0.2, 0.25) is 5.02 Å². The van der Waals surface area contributed by atoms with Crippen molar-refractivity contribution in [1.82, 2.24) is 9.71 Å². The molecule has 0 saturated carbocycles. The highest BCUT2D eigenvalue weighted by Crippen LogP contribution is 2.13. The van der Waals surface area contributed by atoms with Crippen molar-refractivity contribution in [3.63, 3.8) is 0 Å². The SMILES string of the molecule is CC(CNS(=O)(=O)c1cncc(Cl)c1)C(=O)O. The molecule has 17 heavy (non-hydrogen) atoms. The minimum Gasteiger partial charge on any atom is -0.481 e. The number of nitrogens with one attached hydrogen (secondary N) is 1. The zero-order chi connectivity index (χ0) is 13.1.